The number of anilines is 1. The van der Waals surface area contributed by atoms with Gasteiger partial charge >= 0.3 is 10.4 Å². The molecular weight excluding hydrogens is 538 g/mol. The molecule has 0 saturated heterocycles. The lowest BCUT2D eigenvalue weighted by atomic mass is 10.0. The van der Waals surface area contributed by atoms with Gasteiger partial charge in [-0.15, -0.1) is 5.11 Å². The first-order chi connectivity index (χ1) is 16.6. The summed E-state index contributed by atoms with van der Waals surface area (Å²) in [4.78, 5) is -1.00. The second kappa shape index (κ2) is 10.1. The predicted octanol–water partition coefficient (Wildman–Crippen LogP) is 3.15. The van der Waals surface area contributed by atoms with Crippen LogP contribution in [0.3, 0.4) is 0 Å². The van der Waals surface area contributed by atoms with Crippen LogP contribution >= 0.6 is 0 Å². The van der Waals surface area contributed by atoms with Crippen molar-refractivity contribution in [1.29, 1.82) is 0 Å². The average Bonchev–Trinajstić information content (AvgIpc) is 2.76. The quantitative estimate of drug-likeness (QED) is 0.221. The van der Waals surface area contributed by atoms with Crippen molar-refractivity contribution in [2.45, 2.75) is 16.7 Å². The van der Waals surface area contributed by atoms with E-state index < -0.39 is 59.0 Å². The number of phenols is 1. The normalized spacial score (nSPS) is 12.9. The van der Waals surface area contributed by atoms with Gasteiger partial charge in [-0.3, -0.25) is 9.11 Å². The number of aromatic hydroxyl groups is 1. The van der Waals surface area contributed by atoms with Crippen LogP contribution in [0.2, 0.25) is 0 Å². The van der Waals surface area contributed by atoms with E-state index in [1.165, 1.54) is 18.2 Å². The summed E-state index contributed by atoms with van der Waals surface area (Å²) in [6, 6.07) is 9.34. The molecule has 0 saturated carbocycles. The first kappa shape index (κ1) is 27.4. The van der Waals surface area contributed by atoms with Crippen LogP contribution in [0.4, 0.5) is 17.1 Å². The molecule has 16 heteroatoms. The molecule has 13 nitrogen and oxygen atoms in total. The van der Waals surface area contributed by atoms with Gasteiger partial charge in [0, 0.05) is 18.1 Å². The molecule has 3 rings (SSSR count). The summed E-state index contributed by atoms with van der Waals surface area (Å²) in [6.45, 7) is 0.927. The van der Waals surface area contributed by atoms with E-state index >= 15 is 0 Å². The lowest BCUT2D eigenvalue weighted by Gasteiger charge is -2.13. The average molecular weight is 560 g/mol. The molecule has 0 spiro atoms. The van der Waals surface area contributed by atoms with Crippen molar-refractivity contribution in [3.05, 3.63) is 48.0 Å². The van der Waals surface area contributed by atoms with Gasteiger partial charge < -0.3 is 10.4 Å². The third-order valence-corrected chi connectivity index (χ3v) is 7.88. The number of benzene rings is 3. The first-order valence-corrected chi connectivity index (χ1v) is 14.4. The van der Waals surface area contributed by atoms with E-state index in [2.05, 4.69) is 19.7 Å². The molecule has 0 aliphatic rings. The highest BCUT2D eigenvalue weighted by atomic mass is 32.3. The summed E-state index contributed by atoms with van der Waals surface area (Å²) in [5.74, 6) is -1.36. The summed E-state index contributed by atoms with van der Waals surface area (Å²) < 4.78 is 92.5. The molecule has 194 valence electrons. The zero-order valence-electron chi connectivity index (χ0n) is 18.8. The number of phenolic OH excluding ortho intramolecular Hbond substituents is 1. The van der Waals surface area contributed by atoms with Gasteiger partial charge in [0.2, 0.25) is 0 Å². The number of nitrogens with one attached hydrogen (secondary N) is 1. The van der Waals surface area contributed by atoms with Crippen molar-refractivity contribution in [3.8, 4) is 5.75 Å². The highest BCUT2D eigenvalue weighted by molar-refractivity contribution is 7.91. The SMILES string of the molecule is CNc1cc(C)cc2cc(S(=O)(=O)O)c(N=Nc3cccc(S(=O)(=O)CCOS(=O)(=O)O)c3)c(O)c12. The van der Waals surface area contributed by atoms with E-state index in [1.54, 1.807) is 26.1 Å². The molecule has 0 aliphatic carbocycles. The molecule has 0 bridgehead atoms. The third-order valence-electron chi connectivity index (χ3n) is 4.87. The maximum atomic E-state index is 12.4. The highest BCUT2D eigenvalue weighted by Gasteiger charge is 2.24. The minimum atomic E-state index is -4.85. The Bertz CT molecular complexity index is 1680. The van der Waals surface area contributed by atoms with E-state index in [4.69, 9.17) is 4.55 Å². The molecule has 3 aromatic rings. The number of aryl methyl sites for hydroxylation is 1. The summed E-state index contributed by atoms with van der Waals surface area (Å²) in [7, 11) is -12.1. The van der Waals surface area contributed by atoms with Crippen molar-refractivity contribution >= 4 is 58.2 Å². The van der Waals surface area contributed by atoms with Gasteiger partial charge in [0.1, 0.15) is 10.6 Å². The largest absolute Gasteiger partial charge is 0.505 e. The van der Waals surface area contributed by atoms with Crippen LogP contribution < -0.4 is 5.32 Å². The number of hydrogen-bond acceptors (Lipinski definition) is 11. The van der Waals surface area contributed by atoms with Gasteiger partial charge in [0.25, 0.3) is 10.1 Å². The zero-order chi connectivity index (χ0) is 26.9. The van der Waals surface area contributed by atoms with E-state index in [0.29, 0.717) is 11.1 Å². The Morgan fingerprint density at radius 1 is 0.972 bits per heavy atom. The number of nitrogens with zero attached hydrogens (tertiary/aromatic N) is 2. The van der Waals surface area contributed by atoms with Gasteiger partial charge in [-0.25, -0.2) is 12.6 Å². The Kier molecular flexibility index (Phi) is 7.68. The lowest BCUT2D eigenvalue weighted by Crippen LogP contribution is -2.15. The zero-order valence-corrected chi connectivity index (χ0v) is 21.2. The molecule has 0 unspecified atom stereocenters. The van der Waals surface area contributed by atoms with Crippen LogP contribution in [-0.4, -0.2) is 58.9 Å². The van der Waals surface area contributed by atoms with Crippen LogP contribution in [0, 0.1) is 6.92 Å². The van der Waals surface area contributed by atoms with E-state index in [9.17, 15) is 34.9 Å². The first-order valence-electron chi connectivity index (χ1n) is 9.94. The second-order valence-corrected chi connectivity index (χ2v) is 12.1. The molecule has 0 radical (unpaired) electrons. The van der Waals surface area contributed by atoms with E-state index in [-0.39, 0.29) is 16.0 Å². The van der Waals surface area contributed by atoms with Crippen molar-refractivity contribution < 1.29 is 43.6 Å². The van der Waals surface area contributed by atoms with E-state index in [0.717, 1.165) is 17.7 Å². The fraction of sp³-hybridized carbons (Fsp3) is 0.200. The third kappa shape index (κ3) is 6.34. The van der Waals surface area contributed by atoms with Gasteiger partial charge in [-0.05, 0) is 48.2 Å². The fourth-order valence-corrected chi connectivity index (χ4v) is 5.52. The monoisotopic (exact) mass is 559 g/mol. The number of sulfone groups is 1. The van der Waals surface area contributed by atoms with Gasteiger partial charge in [-0.2, -0.15) is 21.9 Å². The molecule has 0 amide bonds. The topological polar surface area (TPSA) is 209 Å². The molecule has 0 fully saturated rings. The van der Waals surface area contributed by atoms with Crippen LogP contribution in [0.25, 0.3) is 10.8 Å². The molecule has 0 heterocycles. The molecule has 0 aromatic heterocycles. The molecule has 36 heavy (non-hydrogen) atoms. The Balaban J connectivity index is 2.07. The summed E-state index contributed by atoms with van der Waals surface area (Å²) in [6.07, 6.45) is 0. The Labute approximate surface area is 207 Å². The van der Waals surface area contributed by atoms with Crippen molar-refractivity contribution in [2.24, 2.45) is 10.2 Å². The summed E-state index contributed by atoms with van der Waals surface area (Å²) in [5.41, 5.74) is 0.577. The molecule has 3 aromatic carbocycles. The predicted molar refractivity (Wildman–Crippen MR) is 130 cm³/mol. The highest BCUT2D eigenvalue weighted by Crippen LogP contribution is 2.44. The fourth-order valence-electron chi connectivity index (χ4n) is 3.34. The maximum absolute atomic E-state index is 12.4. The van der Waals surface area contributed by atoms with Crippen LogP contribution in [0.1, 0.15) is 5.56 Å². The Morgan fingerprint density at radius 3 is 2.28 bits per heavy atom. The molecule has 4 N–H and O–H groups in total. The lowest BCUT2D eigenvalue weighted by molar-refractivity contribution is 0.284. The smallest absolute Gasteiger partial charge is 0.397 e. The number of fused-ring (bicyclic) bond motifs is 1. The summed E-state index contributed by atoms with van der Waals surface area (Å²) >= 11 is 0. The Morgan fingerprint density at radius 2 is 1.67 bits per heavy atom. The van der Waals surface area contributed by atoms with Gasteiger partial charge in [-0.1, -0.05) is 12.1 Å². The van der Waals surface area contributed by atoms with Gasteiger partial charge in [0.05, 0.1) is 22.9 Å². The summed E-state index contributed by atoms with van der Waals surface area (Å²) in [5, 5.41) is 21.9. The number of rotatable bonds is 9. The van der Waals surface area contributed by atoms with E-state index in [1.807, 2.05) is 0 Å². The molecule has 0 aliphatic heterocycles. The minimum Gasteiger partial charge on any atom is -0.505 e. The molecule has 0 atom stereocenters. The van der Waals surface area contributed by atoms with Crippen LogP contribution in [0.5, 0.6) is 5.75 Å². The minimum absolute atomic E-state index is 0.0645. The van der Waals surface area contributed by atoms with Crippen molar-refractivity contribution in [1.82, 2.24) is 0 Å². The maximum Gasteiger partial charge on any atom is 0.397 e. The van der Waals surface area contributed by atoms with Crippen molar-refractivity contribution in [2.75, 3.05) is 24.7 Å². The van der Waals surface area contributed by atoms with Crippen molar-refractivity contribution in [3.63, 3.8) is 0 Å². The number of azo groups is 1. The second-order valence-electron chi connectivity index (χ2n) is 7.47. The standard InChI is InChI=1S/C20H21N3O10S3/c1-12-8-13-10-17(35(27,28)29)19(20(24)18(13)16(9-12)21-2)23-22-14-4-3-5-15(11-14)34(25,26)7-6-33-36(30,31)32/h3-5,8-11,21,24H,6-7H2,1-2H3,(H,27,28,29)(H,30,31,32). The van der Waals surface area contributed by atoms with Gasteiger partial charge in [0.15, 0.2) is 15.6 Å². The number of hydrogen-bond donors (Lipinski definition) is 4. The Hall–Kier alpha value is -3.15. The molecular formula is C20H21N3O10S3. The van der Waals surface area contributed by atoms with Crippen LogP contribution in [0.15, 0.2) is 62.5 Å². The van der Waals surface area contributed by atoms with Crippen LogP contribution in [-0.2, 0) is 34.5 Å².